The number of para-hydroxylation sites is 1. The molecule has 1 aliphatic rings. The fourth-order valence-corrected chi connectivity index (χ4v) is 4.36. The van der Waals surface area contributed by atoms with Gasteiger partial charge in [-0.15, -0.1) is 11.3 Å². The van der Waals surface area contributed by atoms with Gasteiger partial charge in [0.1, 0.15) is 5.01 Å². The summed E-state index contributed by atoms with van der Waals surface area (Å²) >= 11 is 1.38. The van der Waals surface area contributed by atoms with Crippen LogP contribution in [0.25, 0.3) is 10.6 Å². The Morgan fingerprint density at radius 1 is 1.17 bits per heavy atom. The zero-order chi connectivity index (χ0) is 20.5. The molecule has 0 unspecified atom stereocenters. The second-order valence-corrected chi connectivity index (χ2v) is 8.20. The molecule has 2 heterocycles. The van der Waals surface area contributed by atoms with E-state index in [2.05, 4.69) is 4.98 Å². The number of nitrogens with zero attached hydrogens (tertiary/aromatic N) is 2. The van der Waals surface area contributed by atoms with Crippen LogP contribution in [0.15, 0.2) is 53.9 Å². The average molecular weight is 407 g/mol. The number of benzene rings is 2. The van der Waals surface area contributed by atoms with E-state index in [4.69, 9.17) is 4.74 Å². The molecule has 0 N–H and O–H groups in total. The van der Waals surface area contributed by atoms with Crippen LogP contribution in [0, 0.1) is 6.92 Å². The molecule has 1 amide bonds. The van der Waals surface area contributed by atoms with E-state index in [9.17, 15) is 9.59 Å². The van der Waals surface area contributed by atoms with Crippen molar-refractivity contribution in [2.45, 2.75) is 39.3 Å². The lowest BCUT2D eigenvalue weighted by atomic mass is 10.1. The molecule has 0 fully saturated rings. The lowest BCUT2D eigenvalue weighted by Crippen LogP contribution is -2.43. The molecule has 0 saturated carbocycles. The maximum absolute atomic E-state index is 13.0. The smallest absolute Gasteiger partial charge is 0.358 e. The van der Waals surface area contributed by atoms with Crippen molar-refractivity contribution in [1.82, 2.24) is 4.98 Å². The van der Waals surface area contributed by atoms with Crippen LogP contribution in [0.1, 0.15) is 35.5 Å². The predicted molar refractivity (Wildman–Crippen MR) is 114 cm³/mol. The van der Waals surface area contributed by atoms with Crippen LogP contribution in [0.2, 0.25) is 0 Å². The molecule has 29 heavy (non-hydrogen) atoms. The van der Waals surface area contributed by atoms with Gasteiger partial charge < -0.3 is 9.64 Å². The first-order chi connectivity index (χ1) is 13.9. The number of thiazole rings is 1. The van der Waals surface area contributed by atoms with Gasteiger partial charge in [0, 0.05) is 22.7 Å². The Kier molecular flexibility index (Phi) is 5.20. The summed E-state index contributed by atoms with van der Waals surface area (Å²) in [4.78, 5) is 31.6. The Labute approximate surface area is 174 Å². The summed E-state index contributed by atoms with van der Waals surface area (Å²) < 4.78 is 5.46. The third-order valence-electron chi connectivity index (χ3n) is 5.09. The Morgan fingerprint density at radius 3 is 2.66 bits per heavy atom. The van der Waals surface area contributed by atoms with Crippen LogP contribution in [0.3, 0.4) is 0 Å². The zero-order valence-corrected chi connectivity index (χ0v) is 17.4. The molecule has 4 rings (SSSR count). The van der Waals surface area contributed by atoms with Gasteiger partial charge in [0.25, 0.3) is 5.91 Å². The monoisotopic (exact) mass is 406 g/mol. The molecule has 1 aliphatic heterocycles. The van der Waals surface area contributed by atoms with Gasteiger partial charge in [-0.3, -0.25) is 4.79 Å². The molecule has 0 radical (unpaired) electrons. The highest BCUT2D eigenvalue weighted by Crippen LogP contribution is 2.32. The summed E-state index contributed by atoms with van der Waals surface area (Å²) in [5.41, 5.74) is 4.36. The molecule has 5 nitrogen and oxygen atoms in total. The third kappa shape index (κ3) is 3.80. The predicted octanol–water partition coefficient (Wildman–Crippen LogP) is 4.64. The summed E-state index contributed by atoms with van der Waals surface area (Å²) in [6, 6.07) is 15.8. The molecule has 2 aromatic carbocycles. The SMILES string of the molecule is Cc1ccc(-c2nc(C(=O)O[C@@H](C)C(=O)N3c4ccccc4C[C@@H]3C)cs2)cc1. The van der Waals surface area contributed by atoms with E-state index in [-0.39, 0.29) is 17.6 Å². The van der Waals surface area contributed by atoms with Gasteiger partial charge in [-0.05, 0) is 38.8 Å². The van der Waals surface area contributed by atoms with Gasteiger partial charge in [0.15, 0.2) is 11.8 Å². The second-order valence-electron chi connectivity index (χ2n) is 7.34. The summed E-state index contributed by atoms with van der Waals surface area (Å²) in [5, 5.41) is 2.42. The molecular weight excluding hydrogens is 384 g/mol. The highest BCUT2D eigenvalue weighted by molar-refractivity contribution is 7.13. The van der Waals surface area contributed by atoms with E-state index >= 15 is 0 Å². The number of esters is 1. The molecular formula is C23H22N2O3S. The number of fused-ring (bicyclic) bond motifs is 1. The van der Waals surface area contributed by atoms with Crippen molar-refractivity contribution in [2.75, 3.05) is 4.90 Å². The fraction of sp³-hybridized carbons (Fsp3) is 0.261. The van der Waals surface area contributed by atoms with E-state index in [1.54, 1.807) is 17.2 Å². The van der Waals surface area contributed by atoms with E-state index < -0.39 is 12.1 Å². The van der Waals surface area contributed by atoms with Crippen molar-refractivity contribution in [3.05, 3.63) is 70.7 Å². The normalized spacial score (nSPS) is 16.4. The summed E-state index contributed by atoms with van der Waals surface area (Å²) in [6.07, 6.45) is -0.0881. The number of anilines is 1. The zero-order valence-electron chi connectivity index (χ0n) is 16.6. The van der Waals surface area contributed by atoms with Gasteiger partial charge >= 0.3 is 5.97 Å². The Balaban J connectivity index is 1.46. The van der Waals surface area contributed by atoms with Crippen LogP contribution < -0.4 is 4.90 Å². The maximum Gasteiger partial charge on any atom is 0.358 e. The average Bonchev–Trinajstić information content (AvgIpc) is 3.32. The molecule has 2 atom stereocenters. The van der Waals surface area contributed by atoms with E-state index in [0.717, 1.165) is 33.8 Å². The van der Waals surface area contributed by atoms with Crippen LogP contribution >= 0.6 is 11.3 Å². The summed E-state index contributed by atoms with van der Waals surface area (Å²) in [6.45, 7) is 5.63. The van der Waals surface area contributed by atoms with Crippen molar-refractivity contribution in [1.29, 1.82) is 0 Å². The Morgan fingerprint density at radius 2 is 1.90 bits per heavy atom. The fourth-order valence-electron chi connectivity index (χ4n) is 3.56. The van der Waals surface area contributed by atoms with Crippen LogP contribution in [-0.4, -0.2) is 29.0 Å². The number of amides is 1. The van der Waals surface area contributed by atoms with Gasteiger partial charge in [0.05, 0.1) is 0 Å². The number of hydrogen-bond donors (Lipinski definition) is 0. The van der Waals surface area contributed by atoms with Crippen LogP contribution in [0.4, 0.5) is 5.69 Å². The van der Waals surface area contributed by atoms with Crippen LogP contribution in [0.5, 0.6) is 0 Å². The molecule has 0 saturated heterocycles. The minimum Gasteiger partial charge on any atom is -0.448 e. The Bertz CT molecular complexity index is 1060. The van der Waals surface area contributed by atoms with Crippen molar-refractivity contribution in [3.63, 3.8) is 0 Å². The molecule has 3 aromatic rings. The largest absolute Gasteiger partial charge is 0.448 e. The van der Waals surface area contributed by atoms with Gasteiger partial charge in [-0.25, -0.2) is 9.78 Å². The van der Waals surface area contributed by atoms with Gasteiger partial charge in [-0.1, -0.05) is 48.0 Å². The van der Waals surface area contributed by atoms with E-state index in [1.165, 1.54) is 11.3 Å². The van der Waals surface area contributed by atoms with Crippen molar-refractivity contribution >= 4 is 28.9 Å². The van der Waals surface area contributed by atoms with E-state index in [0.29, 0.717) is 0 Å². The molecule has 0 spiro atoms. The van der Waals surface area contributed by atoms with Gasteiger partial charge in [-0.2, -0.15) is 0 Å². The minimum atomic E-state index is -0.888. The lowest BCUT2D eigenvalue weighted by Gasteiger charge is -2.25. The third-order valence-corrected chi connectivity index (χ3v) is 5.98. The minimum absolute atomic E-state index is 0.0356. The maximum atomic E-state index is 13.0. The van der Waals surface area contributed by atoms with Crippen LogP contribution in [-0.2, 0) is 16.0 Å². The first kappa shape index (κ1) is 19.3. The molecule has 0 aliphatic carbocycles. The number of aromatic nitrogens is 1. The molecule has 6 heteroatoms. The highest BCUT2D eigenvalue weighted by atomic mass is 32.1. The number of aryl methyl sites for hydroxylation is 1. The first-order valence-corrected chi connectivity index (χ1v) is 10.5. The first-order valence-electron chi connectivity index (χ1n) is 9.58. The van der Waals surface area contributed by atoms with Crippen molar-refractivity contribution in [3.8, 4) is 10.6 Å². The summed E-state index contributed by atoms with van der Waals surface area (Å²) in [5.74, 6) is -0.801. The number of carbonyl (C=O) groups is 2. The quantitative estimate of drug-likeness (QED) is 0.592. The number of carbonyl (C=O) groups excluding carboxylic acids is 2. The molecule has 0 bridgehead atoms. The van der Waals surface area contributed by atoms with Gasteiger partial charge in [0.2, 0.25) is 0 Å². The van der Waals surface area contributed by atoms with E-state index in [1.807, 2.05) is 62.4 Å². The number of ether oxygens (including phenoxy) is 1. The Hall–Kier alpha value is -2.99. The van der Waals surface area contributed by atoms with Crippen molar-refractivity contribution in [2.24, 2.45) is 0 Å². The lowest BCUT2D eigenvalue weighted by molar-refractivity contribution is -0.126. The van der Waals surface area contributed by atoms with Crippen molar-refractivity contribution < 1.29 is 14.3 Å². The summed E-state index contributed by atoms with van der Waals surface area (Å²) in [7, 11) is 0. The highest BCUT2D eigenvalue weighted by Gasteiger charge is 2.34. The standard InChI is InChI=1S/C23H22N2O3S/c1-14-8-10-17(11-9-14)21-24-19(13-29-21)23(27)28-16(3)22(26)25-15(2)12-18-6-4-5-7-20(18)25/h4-11,13,15-16H,12H2,1-3H3/t15-,16-/m0/s1. The molecule has 148 valence electrons. The second kappa shape index (κ2) is 7.79. The number of hydrogen-bond acceptors (Lipinski definition) is 5. The number of rotatable bonds is 4. The molecule has 1 aromatic heterocycles. The topological polar surface area (TPSA) is 59.5 Å².